The van der Waals surface area contributed by atoms with E-state index in [9.17, 15) is 4.79 Å². The quantitative estimate of drug-likeness (QED) is 0.693. The number of aromatic amines is 1. The smallest absolute Gasteiger partial charge is 0.272 e. The number of aryl methyl sites for hydroxylation is 1. The maximum absolute atomic E-state index is 12.8. The van der Waals surface area contributed by atoms with Crippen LogP contribution in [-0.4, -0.2) is 47.2 Å². The van der Waals surface area contributed by atoms with Crippen molar-refractivity contribution in [2.45, 2.75) is 25.8 Å². The lowest BCUT2D eigenvalue weighted by molar-refractivity contribution is 0.0869. The molecule has 2 atom stereocenters. The molecule has 0 radical (unpaired) electrons. The number of benzene rings is 1. The number of aromatic nitrogens is 2. The molecule has 1 amide bonds. The van der Waals surface area contributed by atoms with Crippen molar-refractivity contribution in [3.63, 3.8) is 0 Å². The van der Waals surface area contributed by atoms with E-state index in [1.165, 1.54) is 10.4 Å². The van der Waals surface area contributed by atoms with E-state index in [1.54, 1.807) is 11.3 Å². The highest BCUT2D eigenvalue weighted by atomic mass is 32.1. The third kappa shape index (κ3) is 4.34. The normalized spacial score (nSPS) is 20.2. The Morgan fingerprint density at radius 2 is 2.11 bits per heavy atom. The molecule has 1 aliphatic heterocycles. The van der Waals surface area contributed by atoms with Crippen LogP contribution < -0.4 is 5.32 Å². The first-order chi connectivity index (χ1) is 13.6. The zero-order chi connectivity index (χ0) is 19.5. The Kier molecular flexibility index (Phi) is 5.59. The predicted octanol–water partition coefficient (Wildman–Crippen LogP) is 3.74. The molecule has 5 nitrogen and oxygen atoms in total. The first kappa shape index (κ1) is 18.9. The molecular weight excluding hydrogens is 368 g/mol. The van der Waals surface area contributed by atoms with Gasteiger partial charge in [0.1, 0.15) is 0 Å². The zero-order valence-corrected chi connectivity index (χ0v) is 17.1. The van der Waals surface area contributed by atoms with Gasteiger partial charge < -0.3 is 10.2 Å². The van der Waals surface area contributed by atoms with E-state index in [0.29, 0.717) is 11.6 Å². The maximum atomic E-state index is 12.8. The molecular formula is C22H26N4OS. The Morgan fingerprint density at radius 3 is 2.86 bits per heavy atom. The molecule has 0 bridgehead atoms. The summed E-state index contributed by atoms with van der Waals surface area (Å²) in [6, 6.07) is 16.7. The maximum Gasteiger partial charge on any atom is 0.272 e. The van der Waals surface area contributed by atoms with Crippen LogP contribution in [0.4, 0.5) is 0 Å². The zero-order valence-electron chi connectivity index (χ0n) is 16.3. The molecule has 146 valence electrons. The van der Waals surface area contributed by atoms with E-state index in [0.717, 1.165) is 36.5 Å². The van der Waals surface area contributed by atoms with Crippen LogP contribution >= 0.6 is 11.3 Å². The van der Waals surface area contributed by atoms with Crippen LogP contribution in [0.1, 0.15) is 27.3 Å². The fourth-order valence-corrected chi connectivity index (χ4v) is 4.75. The molecule has 4 rings (SSSR count). The van der Waals surface area contributed by atoms with Crippen molar-refractivity contribution in [1.29, 1.82) is 0 Å². The number of amides is 1. The summed E-state index contributed by atoms with van der Waals surface area (Å²) in [5.74, 6) is 0.298. The van der Waals surface area contributed by atoms with Crippen molar-refractivity contribution in [3.05, 3.63) is 64.7 Å². The molecule has 1 fully saturated rings. The number of H-pyrrole nitrogens is 1. The van der Waals surface area contributed by atoms with E-state index in [1.807, 2.05) is 12.1 Å². The average Bonchev–Trinajstić information content (AvgIpc) is 3.34. The van der Waals surface area contributed by atoms with E-state index >= 15 is 0 Å². The van der Waals surface area contributed by atoms with Crippen molar-refractivity contribution in [3.8, 4) is 10.6 Å². The molecule has 0 unspecified atom stereocenters. The number of carbonyl (C=O) groups is 1. The fourth-order valence-electron chi connectivity index (χ4n) is 3.91. The molecule has 2 N–H and O–H groups in total. The van der Waals surface area contributed by atoms with Crippen molar-refractivity contribution in [2.75, 3.05) is 20.1 Å². The summed E-state index contributed by atoms with van der Waals surface area (Å²) in [7, 11) is 2.15. The largest absolute Gasteiger partial charge is 0.348 e. The van der Waals surface area contributed by atoms with Gasteiger partial charge in [0.15, 0.2) is 5.69 Å². The van der Waals surface area contributed by atoms with Gasteiger partial charge in [-0.3, -0.25) is 9.89 Å². The van der Waals surface area contributed by atoms with Crippen LogP contribution in [0.5, 0.6) is 0 Å². The van der Waals surface area contributed by atoms with E-state index in [4.69, 9.17) is 0 Å². The van der Waals surface area contributed by atoms with Gasteiger partial charge in [0.2, 0.25) is 0 Å². The molecule has 0 spiro atoms. The lowest BCUT2D eigenvalue weighted by Gasteiger charge is -2.37. The first-order valence-electron chi connectivity index (χ1n) is 9.74. The van der Waals surface area contributed by atoms with E-state index < -0.39 is 0 Å². The molecule has 1 aromatic carbocycles. The Bertz CT molecular complexity index is 933. The van der Waals surface area contributed by atoms with Gasteiger partial charge in [0, 0.05) is 17.5 Å². The Hall–Kier alpha value is -2.44. The molecule has 3 aromatic rings. The summed E-state index contributed by atoms with van der Waals surface area (Å²) in [4.78, 5) is 17.5. The number of hydrogen-bond acceptors (Lipinski definition) is 4. The van der Waals surface area contributed by atoms with Crippen LogP contribution in [-0.2, 0) is 6.42 Å². The second kappa shape index (κ2) is 8.29. The van der Waals surface area contributed by atoms with Crippen LogP contribution in [0.3, 0.4) is 0 Å². The van der Waals surface area contributed by atoms with E-state index in [2.05, 4.69) is 70.8 Å². The van der Waals surface area contributed by atoms with Gasteiger partial charge in [-0.05, 0) is 63.0 Å². The third-order valence-electron chi connectivity index (χ3n) is 5.41. The topological polar surface area (TPSA) is 61.0 Å². The van der Waals surface area contributed by atoms with Crippen molar-refractivity contribution in [1.82, 2.24) is 20.4 Å². The number of thiophene rings is 1. The number of hydrogen-bond donors (Lipinski definition) is 2. The highest BCUT2D eigenvalue weighted by Crippen LogP contribution is 2.26. The summed E-state index contributed by atoms with van der Waals surface area (Å²) in [5.41, 5.74) is 2.67. The first-order valence-corrected chi connectivity index (χ1v) is 10.6. The second-order valence-electron chi connectivity index (χ2n) is 7.66. The summed E-state index contributed by atoms with van der Waals surface area (Å²) in [5, 5.41) is 10.5. The number of nitrogens with one attached hydrogen (secondary N) is 2. The second-order valence-corrected chi connectivity index (χ2v) is 8.95. The summed E-state index contributed by atoms with van der Waals surface area (Å²) >= 11 is 1.69. The van der Waals surface area contributed by atoms with E-state index in [-0.39, 0.29) is 11.9 Å². The summed E-state index contributed by atoms with van der Waals surface area (Å²) < 4.78 is 0. The standard InChI is InChI=1S/C22H26N4OS/c1-15-8-9-21(28-15)19-13-20(25-24-19)22(27)23-18-10-11-26(2)14-17(18)12-16-6-4-3-5-7-16/h3-9,13,17-18H,10-12,14H2,1-2H3,(H,23,27)(H,24,25)/t17-,18+/m0/s1. The number of likely N-dealkylation sites (tertiary alicyclic amines) is 1. The predicted molar refractivity (Wildman–Crippen MR) is 114 cm³/mol. The van der Waals surface area contributed by atoms with Crippen LogP contribution in [0, 0.1) is 12.8 Å². The highest BCUT2D eigenvalue weighted by Gasteiger charge is 2.29. The minimum atomic E-state index is -0.0941. The van der Waals surface area contributed by atoms with Crippen molar-refractivity contribution in [2.24, 2.45) is 5.92 Å². The lowest BCUT2D eigenvalue weighted by atomic mass is 9.87. The average molecular weight is 395 g/mol. The SMILES string of the molecule is Cc1ccc(-c2cc(C(=O)N[C@@H]3CCN(C)C[C@@H]3Cc3ccccc3)n[nH]2)s1. The molecule has 6 heteroatoms. The monoisotopic (exact) mass is 394 g/mol. The highest BCUT2D eigenvalue weighted by molar-refractivity contribution is 7.15. The van der Waals surface area contributed by atoms with Crippen molar-refractivity contribution >= 4 is 17.2 Å². The molecule has 0 aliphatic carbocycles. The summed E-state index contributed by atoms with van der Waals surface area (Å²) in [6.45, 7) is 4.06. The number of nitrogens with zero attached hydrogens (tertiary/aromatic N) is 2. The Morgan fingerprint density at radius 1 is 1.29 bits per heavy atom. The van der Waals surface area contributed by atoms with Gasteiger partial charge in [-0.15, -0.1) is 11.3 Å². The molecule has 1 saturated heterocycles. The Labute approximate surface area is 169 Å². The van der Waals surface area contributed by atoms with Crippen LogP contribution in [0.2, 0.25) is 0 Å². The molecule has 2 aromatic heterocycles. The molecule has 0 saturated carbocycles. The van der Waals surface area contributed by atoms with Crippen molar-refractivity contribution < 1.29 is 4.79 Å². The molecule has 1 aliphatic rings. The summed E-state index contributed by atoms with van der Waals surface area (Å²) in [6.07, 6.45) is 1.93. The fraction of sp³-hybridized carbons (Fsp3) is 0.364. The van der Waals surface area contributed by atoms with Gasteiger partial charge in [0.05, 0.1) is 10.6 Å². The van der Waals surface area contributed by atoms with Gasteiger partial charge in [-0.1, -0.05) is 30.3 Å². The Balaban J connectivity index is 1.45. The number of rotatable bonds is 5. The minimum Gasteiger partial charge on any atom is -0.348 e. The third-order valence-corrected chi connectivity index (χ3v) is 6.44. The van der Waals surface area contributed by atoms with Gasteiger partial charge >= 0.3 is 0 Å². The number of carbonyl (C=O) groups excluding carboxylic acids is 1. The molecule has 28 heavy (non-hydrogen) atoms. The van der Waals surface area contributed by atoms with Gasteiger partial charge in [-0.25, -0.2) is 0 Å². The molecule has 3 heterocycles. The minimum absolute atomic E-state index is 0.0941. The lowest BCUT2D eigenvalue weighted by Crippen LogP contribution is -2.50. The van der Waals surface area contributed by atoms with Gasteiger partial charge in [-0.2, -0.15) is 5.10 Å². The number of piperidine rings is 1. The van der Waals surface area contributed by atoms with Crippen LogP contribution in [0.15, 0.2) is 48.5 Å². The van der Waals surface area contributed by atoms with Gasteiger partial charge in [0.25, 0.3) is 5.91 Å². The van der Waals surface area contributed by atoms with Crippen LogP contribution in [0.25, 0.3) is 10.6 Å².